The second kappa shape index (κ2) is 3.95. The first-order valence-corrected chi connectivity index (χ1v) is 3.81. The van der Waals surface area contributed by atoms with Crippen LogP contribution in [0.2, 0.25) is 0 Å². The lowest BCUT2D eigenvalue weighted by Crippen LogP contribution is -1.88. The Labute approximate surface area is 70.4 Å². The number of nitriles is 1. The number of alkyl halides is 1. The molecule has 0 fully saturated rings. The van der Waals surface area contributed by atoms with Gasteiger partial charge in [0.1, 0.15) is 11.8 Å². The summed E-state index contributed by atoms with van der Waals surface area (Å²) < 4.78 is 0. The molecule has 11 heavy (non-hydrogen) atoms. The Hall–Kier alpha value is -1.07. The van der Waals surface area contributed by atoms with Crippen molar-refractivity contribution in [3.63, 3.8) is 0 Å². The summed E-state index contributed by atoms with van der Waals surface area (Å²) in [6.45, 7) is 0. The molecule has 2 nitrogen and oxygen atoms in total. The predicted octanol–water partition coefficient (Wildman–Crippen LogP) is 1.73. The number of aryl methyl sites for hydroxylation is 1. The Morgan fingerprint density at radius 2 is 2.45 bits per heavy atom. The lowest BCUT2D eigenvalue weighted by Gasteiger charge is -1.95. The molecule has 1 aromatic rings. The first kappa shape index (κ1) is 8.03. The highest BCUT2D eigenvalue weighted by Crippen LogP contribution is 2.02. The lowest BCUT2D eigenvalue weighted by atomic mass is 10.2. The van der Waals surface area contributed by atoms with Gasteiger partial charge < -0.3 is 0 Å². The van der Waals surface area contributed by atoms with Crippen LogP contribution in [-0.4, -0.2) is 10.9 Å². The van der Waals surface area contributed by atoms with Crippen molar-refractivity contribution >= 4 is 11.6 Å². The van der Waals surface area contributed by atoms with Gasteiger partial charge in [-0.3, -0.25) is 0 Å². The molecule has 0 spiro atoms. The van der Waals surface area contributed by atoms with Crippen molar-refractivity contribution in [3.8, 4) is 6.07 Å². The minimum Gasteiger partial charge on any atom is -0.246 e. The molecule has 0 radical (unpaired) electrons. The van der Waals surface area contributed by atoms with Gasteiger partial charge in [0, 0.05) is 12.1 Å². The summed E-state index contributed by atoms with van der Waals surface area (Å²) in [5, 5.41) is 8.48. The molecule has 3 heteroatoms. The van der Waals surface area contributed by atoms with Gasteiger partial charge in [-0.05, 0) is 24.1 Å². The average Bonchev–Trinajstić information content (AvgIpc) is 2.06. The summed E-state index contributed by atoms with van der Waals surface area (Å²) in [6, 6.07) is 5.59. The smallest absolute Gasteiger partial charge is 0.140 e. The highest BCUT2D eigenvalue weighted by Gasteiger charge is 1.94. The van der Waals surface area contributed by atoms with Gasteiger partial charge in [0.15, 0.2) is 0 Å². The Morgan fingerprint density at radius 1 is 1.64 bits per heavy atom. The van der Waals surface area contributed by atoms with Crippen LogP contribution in [-0.2, 0) is 6.42 Å². The maximum atomic E-state index is 8.48. The van der Waals surface area contributed by atoms with Crippen LogP contribution < -0.4 is 0 Å². The highest BCUT2D eigenvalue weighted by molar-refractivity contribution is 6.17. The summed E-state index contributed by atoms with van der Waals surface area (Å²) in [7, 11) is 0. The molecule has 1 aromatic heterocycles. The summed E-state index contributed by atoms with van der Waals surface area (Å²) in [4.78, 5) is 3.84. The van der Waals surface area contributed by atoms with E-state index < -0.39 is 0 Å². The first-order chi connectivity index (χ1) is 5.36. The van der Waals surface area contributed by atoms with Crippen LogP contribution in [0, 0.1) is 11.3 Å². The van der Waals surface area contributed by atoms with E-state index in [1.165, 1.54) is 0 Å². The third-order valence-electron chi connectivity index (χ3n) is 1.32. The minimum absolute atomic E-state index is 0.451. The van der Waals surface area contributed by atoms with Gasteiger partial charge >= 0.3 is 0 Å². The molecule has 0 saturated heterocycles. The summed E-state index contributed by atoms with van der Waals surface area (Å²) in [6.07, 6.45) is 2.42. The third-order valence-corrected chi connectivity index (χ3v) is 1.51. The van der Waals surface area contributed by atoms with Gasteiger partial charge in [-0.2, -0.15) is 5.26 Å². The van der Waals surface area contributed by atoms with E-state index in [0.29, 0.717) is 11.6 Å². The van der Waals surface area contributed by atoms with Gasteiger partial charge in [-0.1, -0.05) is 0 Å². The Morgan fingerprint density at radius 3 is 3.09 bits per heavy atom. The summed E-state index contributed by atoms with van der Waals surface area (Å²) in [5.41, 5.74) is 1.51. The molecule has 0 unspecified atom stereocenters. The molecule has 0 aliphatic rings. The fourth-order valence-electron chi connectivity index (χ4n) is 0.800. The van der Waals surface area contributed by atoms with Gasteiger partial charge in [-0.15, -0.1) is 11.6 Å². The molecular weight excluding hydrogens is 160 g/mol. The van der Waals surface area contributed by atoms with Crippen molar-refractivity contribution in [1.82, 2.24) is 4.98 Å². The monoisotopic (exact) mass is 166 g/mol. The standard InChI is InChI=1S/C8H7ClN2/c9-3-1-7-2-4-11-8(5-7)6-10/h2,4-5H,1,3H2. The van der Waals surface area contributed by atoms with Crippen molar-refractivity contribution in [2.75, 3.05) is 5.88 Å². The van der Waals surface area contributed by atoms with Gasteiger partial charge in [-0.25, -0.2) is 4.98 Å². The van der Waals surface area contributed by atoms with Crippen molar-refractivity contribution in [2.24, 2.45) is 0 Å². The molecule has 0 aliphatic carbocycles. The number of hydrogen-bond acceptors (Lipinski definition) is 2. The molecular formula is C8H7ClN2. The zero-order valence-electron chi connectivity index (χ0n) is 5.92. The number of pyridine rings is 1. The Bertz CT molecular complexity index is 278. The normalized spacial score (nSPS) is 9.09. The predicted molar refractivity (Wildman–Crippen MR) is 43.4 cm³/mol. The molecule has 0 atom stereocenters. The van der Waals surface area contributed by atoms with Crippen LogP contribution in [0.4, 0.5) is 0 Å². The van der Waals surface area contributed by atoms with E-state index in [1.54, 1.807) is 12.3 Å². The van der Waals surface area contributed by atoms with Crippen LogP contribution in [0.1, 0.15) is 11.3 Å². The molecule has 0 aromatic carbocycles. The van der Waals surface area contributed by atoms with E-state index in [1.807, 2.05) is 12.1 Å². The first-order valence-electron chi connectivity index (χ1n) is 3.28. The van der Waals surface area contributed by atoms with E-state index in [2.05, 4.69) is 4.98 Å². The number of nitrogens with zero attached hydrogens (tertiary/aromatic N) is 2. The van der Waals surface area contributed by atoms with Gasteiger partial charge in [0.05, 0.1) is 0 Å². The largest absolute Gasteiger partial charge is 0.246 e. The topological polar surface area (TPSA) is 36.7 Å². The number of rotatable bonds is 2. The fourth-order valence-corrected chi connectivity index (χ4v) is 1.02. The fraction of sp³-hybridized carbons (Fsp3) is 0.250. The minimum atomic E-state index is 0.451. The van der Waals surface area contributed by atoms with Crippen molar-refractivity contribution < 1.29 is 0 Å². The number of halogens is 1. The maximum absolute atomic E-state index is 8.48. The second-order valence-electron chi connectivity index (χ2n) is 2.10. The number of aromatic nitrogens is 1. The zero-order chi connectivity index (χ0) is 8.10. The summed E-state index contributed by atoms with van der Waals surface area (Å²) in [5.74, 6) is 0.578. The third kappa shape index (κ3) is 2.21. The van der Waals surface area contributed by atoms with Crippen LogP contribution in [0.5, 0.6) is 0 Å². The molecule has 0 bridgehead atoms. The average molecular weight is 167 g/mol. The summed E-state index contributed by atoms with van der Waals surface area (Å²) >= 11 is 5.53. The Kier molecular flexibility index (Phi) is 2.88. The van der Waals surface area contributed by atoms with E-state index in [9.17, 15) is 0 Å². The lowest BCUT2D eigenvalue weighted by molar-refractivity contribution is 1.11. The molecule has 0 N–H and O–H groups in total. The van der Waals surface area contributed by atoms with E-state index in [-0.39, 0.29) is 0 Å². The second-order valence-corrected chi connectivity index (χ2v) is 2.48. The van der Waals surface area contributed by atoms with Crippen molar-refractivity contribution in [3.05, 3.63) is 29.6 Å². The van der Waals surface area contributed by atoms with E-state index in [0.717, 1.165) is 12.0 Å². The van der Waals surface area contributed by atoms with E-state index >= 15 is 0 Å². The van der Waals surface area contributed by atoms with Gasteiger partial charge in [0.2, 0.25) is 0 Å². The quantitative estimate of drug-likeness (QED) is 0.628. The van der Waals surface area contributed by atoms with Crippen LogP contribution >= 0.6 is 11.6 Å². The SMILES string of the molecule is N#Cc1cc(CCCl)ccn1. The zero-order valence-corrected chi connectivity index (χ0v) is 6.67. The highest BCUT2D eigenvalue weighted by atomic mass is 35.5. The Balaban J connectivity index is 2.85. The molecule has 0 saturated carbocycles. The van der Waals surface area contributed by atoms with Crippen LogP contribution in [0.25, 0.3) is 0 Å². The molecule has 1 heterocycles. The molecule has 1 rings (SSSR count). The van der Waals surface area contributed by atoms with Crippen molar-refractivity contribution in [2.45, 2.75) is 6.42 Å². The maximum Gasteiger partial charge on any atom is 0.140 e. The van der Waals surface area contributed by atoms with Gasteiger partial charge in [0.25, 0.3) is 0 Å². The molecule has 56 valence electrons. The molecule has 0 amide bonds. The van der Waals surface area contributed by atoms with Crippen LogP contribution in [0.3, 0.4) is 0 Å². The van der Waals surface area contributed by atoms with Crippen molar-refractivity contribution in [1.29, 1.82) is 5.26 Å². The van der Waals surface area contributed by atoms with E-state index in [4.69, 9.17) is 16.9 Å². The van der Waals surface area contributed by atoms with Crippen LogP contribution in [0.15, 0.2) is 18.3 Å². The molecule has 0 aliphatic heterocycles. The number of hydrogen-bond donors (Lipinski definition) is 0.